The molecule has 0 radical (unpaired) electrons. The average molecular weight is 710 g/mol. The Bertz CT molecular complexity index is 2860. The van der Waals surface area contributed by atoms with Gasteiger partial charge in [-0.15, -0.1) is 0 Å². The Labute approximate surface area is 305 Å². The molecule has 9 heteroatoms. The standard InChI is InChI=1S/C42H28N8.Zn/c1-42(2,3)24-21-19-23(20-22-24)25-17-10-18-32-33(25)41-49-39-31-16-9-8-15-30(31)37(47-39)45-35-27-12-5-4-11-26(27)34(43-35)44-36-28-13-6-7-14-29(28)38(46-36)48-40(32)50-41;/h4-22H,1-3H3;/q-2;+2. The van der Waals surface area contributed by atoms with Crippen molar-refractivity contribution in [2.75, 3.05) is 0 Å². The molecule has 0 saturated carbocycles. The van der Waals surface area contributed by atoms with Crippen molar-refractivity contribution in [3.05, 3.63) is 121 Å². The van der Waals surface area contributed by atoms with Crippen molar-refractivity contribution in [2.24, 2.45) is 0 Å². The number of nitrogens with zero attached hydrogens (tertiary/aromatic N) is 8. The van der Waals surface area contributed by atoms with Crippen LogP contribution in [0.3, 0.4) is 0 Å². The topological polar surface area (TPSA) is 106 Å². The van der Waals surface area contributed by atoms with Gasteiger partial charge in [0.1, 0.15) is 0 Å². The molecule has 0 spiro atoms. The normalized spacial score (nSPS) is 12.1. The third-order valence-corrected chi connectivity index (χ3v) is 9.51. The van der Waals surface area contributed by atoms with Crippen molar-refractivity contribution in [1.29, 1.82) is 0 Å². The van der Waals surface area contributed by atoms with Crippen molar-refractivity contribution >= 4 is 44.1 Å². The first-order chi connectivity index (χ1) is 24.4. The zero-order chi connectivity index (χ0) is 33.6. The van der Waals surface area contributed by atoms with E-state index in [1.807, 2.05) is 72.8 Å². The van der Waals surface area contributed by atoms with Gasteiger partial charge in [0.25, 0.3) is 0 Å². The Hall–Kier alpha value is -5.92. The summed E-state index contributed by atoms with van der Waals surface area (Å²) in [6.45, 7) is 6.67. The van der Waals surface area contributed by atoms with E-state index in [0.29, 0.717) is 45.9 Å². The van der Waals surface area contributed by atoms with Crippen LogP contribution in [0.4, 0.5) is 0 Å². The minimum absolute atomic E-state index is 0. The molecule has 8 aromatic rings. The molecule has 2 aliphatic heterocycles. The van der Waals surface area contributed by atoms with Crippen molar-refractivity contribution < 1.29 is 19.5 Å². The van der Waals surface area contributed by atoms with Gasteiger partial charge < -0.3 is 29.9 Å². The van der Waals surface area contributed by atoms with E-state index >= 15 is 0 Å². The molecular formula is C42H28N8Zn. The molecule has 0 amide bonds. The fourth-order valence-corrected chi connectivity index (χ4v) is 6.95. The van der Waals surface area contributed by atoms with Gasteiger partial charge in [-0.1, -0.05) is 136 Å². The van der Waals surface area contributed by atoms with Crippen molar-refractivity contribution in [2.45, 2.75) is 26.2 Å². The van der Waals surface area contributed by atoms with Crippen molar-refractivity contribution in [3.8, 4) is 56.7 Å². The molecule has 8 bridgehead atoms. The van der Waals surface area contributed by atoms with E-state index in [1.54, 1.807) is 0 Å². The molecule has 238 valence electrons. The zero-order valence-electron chi connectivity index (χ0n) is 28.3. The molecule has 0 saturated heterocycles. The molecule has 10 rings (SSSR count). The predicted octanol–water partition coefficient (Wildman–Crippen LogP) is 9.09. The van der Waals surface area contributed by atoms with Gasteiger partial charge in [-0.3, -0.25) is 0 Å². The molecule has 8 nitrogen and oxygen atoms in total. The molecule has 2 aliphatic rings. The van der Waals surface area contributed by atoms with Crippen LogP contribution in [0.1, 0.15) is 26.3 Å². The van der Waals surface area contributed by atoms with Crippen molar-refractivity contribution in [3.63, 3.8) is 0 Å². The molecular weight excluding hydrogens is 682 g/mol. The van der Waals surface area contributed by atoms with Gasteiger partial charge in [0.2, 0.25) is 0 Å². The number of fused-ring (bicyclic) bond motifs is 20. The Morgan fingerprint density at radius 2 is 0.784 bits per heavy atom. The largest absolute Gasteiger partial charge is 2.00 e. The fraction of sp³-hybridized carbons (Fsp3) is 0.0952. The number of rotatable bonds is 1. The Balaban J connectivity index is 0.00000348. The van der Waals surface area contributed by atoms with Crippen LogP contribution >= 0.6 is 0 Å². The number of hydrogen-bond acceptors (Lipinski definition) is 6. The Morgan fingerprint density at radius 3 is 1.27 bits per heavy atom. The van der Waals surface area contributed by atoms with Crippen LogP contribution in [0, 0.1) is 0 Å². The molecule has 5 aromatic carbocycles. The van der Waals surface area contributed by atoms with Gasteiger partial charge in [0.05, 0.1) is 23.3 Å². The summed E-state index contributed by atoms with van der Waals surface area (Å²) in [7, 11) is 0. The van der Waals surface area contributed by atoms with Crippen LogP contribution in [-0.2, 0) is 24.9 Å². The Morgan fingerprint density at radius 1 is 0.392 bits per heavy atom. The monoisotopic (exact) mass is 708 g/mol. The average Bonchev–Trinajstić information content (AvgIpc) is 3.87. The van der Waals surface area contributed by atoms with E-state index in [4.69, 9.17) is 39.9 Å². The summed E-state index contributed by atoms with van der Waals surface area (Å²) in [5, 5.41) is 3.55. The second kappa shape index (κ2) is 11.6. The zero-order valence-corrected chi connectivity index (χ0v) is 31.2. The van der Waals surface area contributed by atoms with E-state index in [0.717, 1.165) is 54.9 Å². The summed E-state index contributed by atoms with van der Waals surface area (Å²) in [6, 6.07) is 39.0. The molecule has 0 N–H and O–H groups in total. The predicted molar refractivity (Wildman–Crippen MR) is 198 cm³/mol. The van der Waals surface area contributed by atoms with Crippen LogP contribution in [0.2, 0.25) is 0 Å². The fourth-order valence-electron chi connectivity index (χ4n) is 6.95. The van der Waals surface area contributed by atoms with Gasteiger partial charge in [-0.05, 0) is 38.3 Å². The summed E-state index contributed by atoms with van der Waals surface area (Å²) in [4.78, 5) is 40.4. The van der Waals surface area contributed by atoms with E-state index in [1.165, 1.54) is 5.56 Å². The number of aromatic nitrogens is 8. The van der Waals surface area contributed by atoms with Gasteiger partial charge in [0.15, 0.2) is 0 Å². The molecule has 0 aliphatic carbocycles. The maximum Gasteiger partial charge on any atom is 2.00 e. The van der Waals surface area contributed by atoms with Crippen LogP contribution in [0.25, 0.3) is 101 Å². The maximum absolute atomic E-state index is 5.19. The van der Waals surface area contributed by atoms with Crippen LogP contribution in [-0.4, -0.2) is 29.9 Å². The van der Waals surface area contributed by atoms with Gasteiger partial charge in [-0.25, -0.2) is 9.97 Å². The molecule has 5 heterocycles. The first kappa shape index (κ1) is 31.1. The molecule has 51 heavy (non-hydrogen) atoms. The molecule has 3 aromatic heterocycles. The summed E-state index contributed by atoms with van der Waals surface area (Å²) in [5.74, 6) is 2.16. The SMILES string of the molecule is CC(C)(C)c1ccc(-c2cccc3c4nc5nc(nc6[n-]c(nc7nc(nc([n-]4)c23)-c2ccccc2-7)c2ccccc62)-c2ccccc2-5)cc1.[Zn+2]. The summed E-state index contributed by atoms with van der Waals surface area (Å²) >= 11 is 0. The van der Waals surface area contributed by atoms with E-state index < -0.39 is 0 Å². The molecule has 0 unspecified atom stereocenters. The summed E-state index contributed by atoms with van der Waals surface area (Å²) in [6.07, 6.45) is 0. The minimum atomic E-state index is 0. The third-order valence-electron chi connectivity index (χ3n) is 9.51. The van der Waals surface area contributed by atoms with Crippen LogP contribution < -0.4 is 9.97 Å². The third kappa shape index (κ3) is 4.99. The smallest absolute Gasteiger partial charge is 0.357 e. The number of hydrogen-bond donors (Lipinski definition) is 0. The second-order valence-electron chi connectivity index (χ2n) is 13.7. The van der Waals surface area contributed by atoms with Crippen molar-refractivity contribution in [1.82, 2.24) is 39.9 Å². The summed E-state index contributed by atoms with van der Waals surface area (Å²) < 4.78 is 0. The maximum atomic E-state index is 5.19. The van der Waals surface area contributed by atoms with Crippen LogP contribution in [0.5, 0.6) is 0 Å². The second-order valence-corrected chi connectivity index (χ2v) is 13.7. The van der Waals surface area contributed by atoms with E-state index in [-0.39, 0.29) is 24.9 Å². The summed E-state index contributed by atoms with van der Waals surface area (Å²) in [5.41, 5.74) is 9.09. The van der Waals surface area contributed by atoms with E-state index in [2.05, 4.69) is 63.2 Å². The first-order valence-corrected chi connectivity index (χ1v) is 16.6. The number of benzene rings is 5. The first-order valence-electron chi connectivity index (χ1n) is 16.6. The van der Waals surface area contributed by atoms with Gasteiger partial charge in [0, 0.05) is 50.2 Å². The quantitative estimate of drug-likeness (QED) is 0.156. The van der Waals surface area contributed by atoms with Gasteiger partial charge >= 0.3 is 19.5 Å². The van der Waals surface area contributed by atoms with Crippen LogP contribution in [0.15, 0.2) is 115 Å². The molecule has 0 atom stereocenters. The minimum Gasteiger partial charge on any atom is -0.357 e. The van der Waals surface area contributed by atoms with E-state index in [9.17, 15) is 0 Å². The van der Waals surface area contributed by atoms with Gasteiger partial charge in [-0.2, -0.15) is 0 Å². The Kier molecular flexibility index (Phi) is 7.06. The molecule has 0 fully saturated rings.